The summed E-state index contributed by atoms with van der Waals surface area (Å²) in [4.78, 5) is 0. The third-order valence-electron chi connectivity index (χ3n) is 1.73. The van der Waals surface area contributed by atoms with Crippen LogP contribution in [0.2, 0.25) is 0 Å². The van der Waals surface area contributed by atoms with Crippen molar-refractivity contribution in [3.63, 3.8) is 0 Å². The van der Waals surface area contributed by atoms with Crippen LogP contribution in [0.1, 0.15) is 25.2 Å². The van der Waals surface area contributed by atoms with Gasteiger partial charge in [0, 0.05) is 0 Å². The van der Waals surface area contributed by atoms with E-state index in [9.17, 15) is 0 Å². The van der Waals surface area contributed by atoms with Gasteiger partial charge in [0.1, 0.15) is 11.2 Å². The molecule has 0 atom stereocenters. The summed E-state index contributed by atoms with van der Waals surface area (Å²) < 4.78 is 6.04. The molecule has 64 valence electrons. The average molecular weight is 228 g/mol. The highest BCUT2D eigenvalue weighted by Crippen LogP contribution is 2.30. The third-order valence-corrected chi connectivity index (χ3v) is 2.13. The maximum atomic E-state index is 8.86. The molecule has 3 heteroatoms. The van der Waals surface area contributed by atoms with Gasteiger partial charge in [0.2, 0.25) is 0 Å². The van der Waals surface area contributed by atoms with E-state index in [0.29, 0.717) is 4.67 Å². The molecule has 0 aliphatic heterocycles. The molecule has 12 heavy (non-hydrogen) atoms. The molecule has 0 aliphatic rings. The molecular formula is C9H10BrNO. The summed E-state index contributed by atoms with van der Waals surface area (Å²) in [5, 5.41) is 8.86. The Labute approximate surface area is 80.3 Å². The van der Waals surface area contributed by atoms with Crippen LogP contribution in [0.25, 0.3) is 0 Å². The topological polar surface area (TPSA) is 36.9 Å². The highest BCUT2D eigenvalue weighted by Gasteiger charge is 2.26. The molecule has 2 nitrogen and oxygen atoms in total. The fraction of sp³-hybridized carbons (Fsp3) is 0.444. The van der Waals surface area contributed by atoms with Gasteiger partial charge >= 0.3 is 0 Å². The van der Waals surface area contributed by atoms with Crippen LogP contribution in [-0.4, -0.2) is 0 Å². The third kappa shape index (κ3) is 1.54. The number of hydrogen-bond donors (Lipinski definition) is 0. The Morgan fingerprint density at radius 3 is 2.50 bits per heavy atom. The van der Waals surface area contributed by atoms with Crippen molar-refractivity contribution >= 4 is 15.9 Å². The quantitative estimate of drug-likeness (QED) is 0.740. The summed E-state index contributed by atoms with van der Waals surface area (Å²) in [5.74, 6) is 0.733. The first-order chi connectivity index (χ1) is 5.47. The molecule has 0 saturated carbocycles. The molecule has 0 saturated heterocycles. The first kappa shape index (κ1) is 9.34. The Morgan fingerprint density at radius 2 is 2.17 bits per heavy atom. The van der Waals surface area contributed by atoms with E-state index >= 15 is 0 Å². The number of aryl methyl sites for hydroxylation is 1. The van der Waals surface area contributed by atoms with Gasteiger partial charge in [-0.15, -0.1) is 0 Å². The Kier molecular flexibility index (Phi) is 2.29. The summed E-state index contributed by atoms with van der Waals surface area (Å²) in [6.45, 7) is 5.61. The van der Waals surface area contributed by atoms with Gasteiger partial charge in [0.25, 0.3) is 0 Å². The molecule has 0 radical (unpaired) electrons. The second-order valence-electron chi connectivity index (χ2n) is 3.30. The van der Waals surface area contributed by atoms with Crippen LogP contribution in [0, 0.1) is 18.3 Å². The highest BCUT2D eigenvalue weighted by atomic mass is 79.9. The molecular weight excluding hydrogens is 218 g/mol. The summed E-state index contributed by atoms with van der Waals surface area (Å²) >= 11 is 3.23. The van der Waals surface area contributed by atoms with Crippen molar-refractivity contribution in [1.29, 1.82) is 5.26 Å². The number of furan rings is 1. The van der Waals surface area contributed by atoms with E-state index < -0.39 is 5.41 Å². The van der Waals surface area contributed by atoms with E-state index in [-0.39, 0.29) is 0 Å². The van der Waals surface area contributed by atoms with Crippen LogP contribution in [0.5, 0.6) is 0 Å². The molecule has 0 bridgehead atoms. The van der Waals surface area contributed by atoms with E-state index in [0.717, 1.165) is 11.3 Å². The lowest BCUT2D eigenvalue weighted by molar-refractivity contribution is 0.426. The standard InChI is InChI=1S/C9H10BrNO/c1-6-4-7(10)12-8(6)9(2,3)5-11/h4H,1-3H3. The molecule has 1 aromatic heterocycles. The highest BCUT2D eigenvalue weighted by molar-refractivity contribution is 9.10. The molecule has 0 N–H and O–H groups in total. The first-order valence-corrected chi connectivity index (χ1v) is 4.44. The molecule has 0 amide bonds. The van der Waals surface area contributed by atoms with Crippen molar-refractivity contribution in [1.82, 2.24) is 0 Å². The lowest BCUT2D eigenvalue weighted by Gasteiger charge is -2.12. The molecule has 0 unspecified atom stereocenters. The van der Waals surface area contributed by atoms with Crippen LogP contribution < -0.4 is 0 Å². The van der Waals surface area contributed by atoms with E-state index in [2.05, 4.69) is 22.0 Å². The van der Waals surface area contributed by atoms with Gasteiger partial charge < -0.3 is 4.42 Å². The lowest BCUT2D eigenvalue weighted by Crippen LogP contribution is -2.13. The largest absolute Gasteiger partial charge is 0.452 e. The Bertz CT molecular complexity index is 333. The molecule has 0 aromatic carbocycles. The minimum Gasteiger partial charge on any atom is -0.452 e. The predicted octanol–water partition coefficient (Wildman–Crippen LogP) is 3.15. The number of nitrogens with zero attached hydrogens (tertiary/aromatic N) is 1. The molecule has 1 rings (SSSR count). The lowest BCUT2D eigenvalue weighted by atomic mass is 9.90. The normalized spacial score (nSPS) is 11.2. The van der Waals surface area contributed by atoms with E-state index in [4.69, 9.17) is 9.68 Å². The van der Waals surface area contributed by atoms with Gasteiger partial charge in [-0.05, 0) is 48.3 Å². The van der Waals surface area contributed by atoms with Gasteiger partial charge in [0.15, 0.2) is 4.67 Å². The first-order valence-electron chi connectivity index (χ1n) is 3.65. The fourth-order valence-corrected chi connectivity index (χ4v) is 1.62. The minimum atomic E-state index is -0.546. The van der Waals surface area contributed by atoms with Crippen molar-refractivity contribution in [3.8, 4) is 6.07 Å². The number of rotatable bonds is 1. The monoisotopic (exact) mass is 227 g/mol. The van der Waals surface area contributed by atoms with Crippen molar-refractivity contribution in [3.05, 3.63) is 22.1 Å². The van der Waals surface area contributed by atoms with Crippen molar-refractivity contribution < 1.29 is 4.42 Å². The second kappa shape index (κ2) is 2.95. The van der Waals surface area contributed by atoms with E-state index in [1.165, 1.54) is 0 Å². The summed E-state index contributed by atoms with van der Waals surface area (Å²) in [5.41, 5.74) is 0.462. The van der Waals surface area contributed by atoms with Crippen molar-refractivity contribution in [2.75, 3.05) is 0 Å². The number of halogens is 1. The minimum absolute atomic E-state index is 0.546. The maximum Gasteiger partial charge on any atom is 0.169 e. The zero-order valence-corrected chi connectivity index (χ0v) is 8.90. The van der Waals surface area contributed by atoms with Gasteiger partial charge in [0.05, 0.1) is 6.07 Å². The molecule has 0 fully saturated rings. The van der Waals surface area contributed by atoms with Gasteiger partial charge in [-0.1, -0.05) is 0 Å². The average Bonchev–Trinajstić information content (AvgIpc) is 2.31. The summed E-state index contributed by atoms with van der Waals surface area (Å²) in [6.07, 6.45) is 0. The SMILES string of the molecule is Cc1cc(Br)oc1C(C)(C)C#N. The molecule has 0 spiro atoms. The van der Waals surface area contributed by atoms with Crippen LogP contribution >= 0.6 is 15.9 Å². The predicted molar refractivity (Wildman–Crippen MR) is 49.8 cm³/mol. The van der Waals surface area contributed by atoms with E-state index in [1.807, 2.05) is 26.8 Å². The molecule has 1 heterocycles. The number of hydrogen-bond acceptors (Lipinski definition) is 2. The number of nitriles is 1. The molecule has 1 aromatic rings. The van der Waals surface area contributed by atoms with Gasteiger partial charge in [-0.25, -0.2) is 0 Å². The van der Waals surface area contributed by atoms with Crippen LogP contribution in [0.15, 0.2) is 15.2 Å². The van der Waals surface area contributed by atoms with Crippen molar-refractivity contribution in [2.45, 2.75) is 26.2 Å². The van der Waals surface area contributed by atoms with Crippen LogP contribution in [0.4, 0.5) is 0 Å². The maximum absolute atomic E-state index is 8.86. The summed E-state index contributed by atoms with van der Waals surface area (Å²) in [7, 11) is 0. The zero-order chi connectivity index (χ0) is 9.35. The van der Waals surface area contributed by atoms with Gasteiger partial charge in [-0.3, -0.25) is 0 Å². The Hall–Kier alpha value is -0.750. The van der Waals surface area contributed by atoms with Crippen molar-refractivity contribution in [2.24, 2.45) is 0 Å². The van der Waals surface area contributed by atoms with E-state index in [1.54, 1.807) is 0 Å². The van der Waals surface area contributed by atoms with Crippen LogP contribution in [-0.2, 0) is 5.41 Å². The van der Waals surface area contributed by atoms with Crippen LogP contribution in [0.3, 0.4) is 0 Å². The smallest absolute Gasteiger partial charge is 0.169 e. The fourth-order valence-electron chi connectivity index (χ4n) is 1.11. The Morgan fingerprint density at radius 1 is 1.58 bits per heavy atom. The zero-order valence-electron chi connectivity index (χ0n) is 7.31. The van der Waals surface area contributed by atoms with Gasteiger partial charge in [-0.2, -0.15) is 5.26 Å². The Balaban J connectivity index is 3.21. The second-order valence-corrected chi connectivity index (χ2v) is 4.08. The molecule has 0 aliphatic carbocycles. The summed E-state index contributed by atoms with van der Waals surface area (Å²) in [6, 6.07) is 4.07.